The zero-order valence-electron chi connectivity index (χ0n) is 11.0. The summed E-state index contributed by atoms with van der Waals surface area (Å²) in [6.45, 7) is 7.90. The highest BCUT2D eigenvalue weighted by atomic mass is 16.2. The van der Waals surface area contributed by atoms with Crippen molar-refractivity contribution >= 4 is 5.91 Å². The average molecular weight is 234 g/mol. The molecule has 3 heteroatoms. The summed E-state index contributed by atoms with van der Waals surface area (Å²) >= 11 is 0. The number of nitrogens with two attached hydrogens (primary N) is 1. The molecule has 0 saturated heterocycles. The Balaban J connectivity index is 2.66. The predicted octanol–water partition coefficient (Wildman–Crippen LogP) is 2.16. The van der Waals surface area contributed by atoms with E-state index in [4.69, 9.17) is 5.73 Å². The van der Waals surface area contributed by atoms with E-state index in [2.05, 4.69) is 11.4 Å². The molecule has 0 aliphatic heterocycles. The van der Waals surface area contributed by atoms with Gasteiger partial charge in [-0.25, -0.2) is 0 Å². The molecule has 0 fully saturated rings. The summed E-state index contributed by atoms with van der Waals surface area (Å²) in [5, 5.41) is 2.94. The van der Waals surface area contributed by atoms with Gasteiger partial charge in [0.2, 0.25) is 5.91 Å². The van der Waals surface area contributed by atoms with Crippen LogP contribution in [0, 0.1) is 12.8 Å². The van der Waals surface area contributed by atoms with Crippen molar-refractivity contribution in [2.75, 3.05) is 0 Å². The highest BCUT2D eigenvalue weighted by molar-refractivity contribution is 5.82. The molecule has 3 N–H and O–H groups in total. The van der Waals surface area contributed by atoms with Crippen molar-refractivity contribution in [3.8, 4) is 0 Å². The predicted molar refractivity (Wildman–Crippen MR) is 70.6 cm³/mol. The fourth-order valence-electron chi connectivity index (χ4n) is 1.64. The number of aryl methyl sites for hydroxylation is 1. The topological polar surface area (TPSA) is 55.1 Å². The van der Waals surface area contributed by atoms with Gasteiger partial charge in [-0.2, -0.15) is 0 Å². The summed E-state index contributed by atoms with van der Waals surface area (Å²) in [5.41, 5.74) is 8.10. The van der Waals surface area contributed by atoms with E-state index in [0.29, 0.717) is 0 Å². The van der Waals surface area contributed by atoms with E-state index in [-0.39, 0.29) is 17.9 Å². The van der Waals surface area contributed by atoms with Crippen molar-refractivity contribution in [2.45, 2.75) is 39.8 Å². The molecule has 94 valence electrons. The number of carbonyl (C=O) groups is 1. The Labute approximate surface area is 103 Å². The number of rotatable bonds is 4. The Bertz CT molecular complexity index is 388. The molecule has 0 aliphatic rings. The summed E-state index contributed by atoms with van der Waals surface area (Å²) < 4.78 is 0. The average Bonchev–Trinajstić information content (AvgIpc) is 2.27. The summed E-state index contributed by atoms with van der Waals surface area (Å²) in [7, 11) is 0. The minimum absolute atomic E-state index is 0.00722. The summed E-state index contributed by atoms with van der Waals surface area (Å²) in [5.74, 6) is 0.0636. The molecule has 1 aromatic rings. The van der Waals surface area contributed by atoms with E-state index in [1.807, 2.05) is 45.9 Å². The van der Waals surface area contributed by atoms with Crippen LogP contribution >= 0.6 is 0 Å². The second-order valence-corrected chi connectivity index (χ2v) is 4.91. The minimum Gasteiger partial charge on any atom is -0.348 e. The highest BCUT2D eigenvalue weighted by Crippen LogP contribution is 2.14. The van der Waals surface area contributed by atoms with Crippen molar-refractivity contribution in [1.82, 2.24) is 5.32 Å². The third-order valence-electron chi connectivity index (χ3n) is 2.92. The first-order valence-electron chi connectivity index (χ1n) is 6.04. The number of carbonyl (C=O) groups excluding carboxylic acids is 1. The van der Waals surface area contributed by atoms with Gasteiger partial charge >= 0.3 is 0 Å². The SMILES string of the molecule is Cc1cccc([C@H](C)NC(=O)[C@@H](N)C(C)C)c1. The molecule has 0 spiro atoms. The number of nitrogens with one attached hydrogen (secondary N) is 1. The van der Waals surface area contributed by atoms with E-state index < -0.39 is 6.04 Å². The van der Waals surface area contributed by atoms with Gasteiger partial charge in [-0.15, -0.1) is 0 Å². The Morgan fingerprint density at radius 2 is 1.94 bits per heavy atom. The zero-order chi connectivity index (χ0) is 13.0. The number of hydrogen-bond donors (Lipinski definition) is 2. The van der Waals surface area contributed by atoms with Gasteiger partial charge in [0.15, 0.2) is 0 Å². The fraction of sp³-hybridized carbons (Fsp3) is 0.500. The van der Waals surface area contributed by atoms with Gasteiger partial charge in [-0.3, -0.25) is 4.79 Å². The van der Waals surface area contributed by atoms with Crippen molar-refractivity contribution in [1.29, 1.82) is 0 Å². The van der Waals surface area contributed by atoms with Crippen molar-refractivity contribution in [3.05, 3.63) is 35.4 Å². The molecule has 0 unspecified atom stereocenters. The van der Waals surface area contributed by atoms with Gasteiger partial charge in [0.1, 0.15) is 0 Å². The van der Waals surface area contributed by atoms with Gasteiger partial charge in [0, 0.05) is 0 Å². The third-order valence-corrected chi connectivity index (χ3v) is 2.92. The Morgan fingerprint density at radius 1 is 1.29 bits per heavy atom. The van der Waals surface area contributed by atoms with Gasteiger partial charge in [0.25, 0.3) is 0 Å². The molecule has 17 heavy (non-hydrogen) atoms. The normalized spacial score (nSPS) is 14.5. The van der Waals surface area contributed by atoms with E-state index >= 15 is 0 Å². The van der Waals surface area contributed by atoms with Crippen LogP contribution in [0.5, 0.6) is 0 Å². The molecule has 0 bridgehead atoms. The second kappa shape index (κ2) is 5.82. The van der Waals surface area contributed by atoms with Crippen LogP contribution in [0.2, 0.25) is 0 Å². The molecular formula is C14H22N2O. The van der Waals surface area contributed by atoms with Crippen molar-refractivity contribution < 1.29 is 4.79 Å². The lowest BCUT2D eigenvalue weighted by Gasteiger charge is -2.20. The first kappa shape index (κ1) is 13.7. The highest BCUT2D eigenvalue weighted by Gasteiger charge is 2.19. The van der Waals surface area contributed by atoms with Gasteiger partial charge in [-0.1, -0.05) is 43.7 Å². The second-order valence-electron chi connectivity index (χ2n) is 4.91. The van der Waals surface area contributed by atoms with Gasteiger partial charge < -0.3 is 11.1 Å². The van der Waals surface area contributed by atoms with Crippen LogP contribution in [0.1, 0.15) is 37.9 Å². The van der Waals surface area contributed by atoms with E-state index in [1.165, 1.54) is 5.56 Å². The third kappa shape index (κ3) is 3.86. The van der Waals surface area contributed by atoms with E-state index in [1.54, 1.807) is 0 Å². The molecule has 1 amide bonds. The smallest absolute Gasteiger partial charge is 0.237 e. The molecule has 0 heterocycles. The fourth-order valence-corrected chi connectivity index (χ4v) is 1.64. The molecule has 1 rings (SSSR count). The van der Waals surface area contributed by atoms with E-state index in [9.17, 15) is 4.79 Å². The Morgan fingerprint density at radius 3 is 2.47 bits per heavy atom. The van der Waals surface area contributed by atoms with Crippen LogP contribution in [0.3, 0.4) is 0 Å². The largest absolute Gasteiger partial charge is 0.348 e. The van der Waals surface area contributed by atoms with Crippen LogP contribution < -0.4 is 11.1 Å². The van der Waals surface area contributed by atoms with Crippen LogP contribution in [0.4, 0.5) is 0 Å². The lowest BCUT2D eigenvalue weighted by atomic mass is 10.0. The monoisotopic (exact) mass is 234 g/mol. The van der Waals surface area contributed by atoms with Crippen LogP contribution in [-0.4, -0.2) is 11.9 Å². The minimum atomic E-state index is -0.442. The van der Waals surface area contributed by atoms with Crippen molar-refractivity contribution in [2.24, 2.45) is 11.7 Å². The van der Waals surface area contributed by atoms with Gasteiger partial charge in [0.05, 0.1) is 12.1 Å². The number of benzene rings is 1. The molecule has 0 aromatic heterocycles. The van der Waals surface area contributed by atoms with E-state index in [0.717, 1.165) is 5.56 Å². The molecule has 0 aliphatic carbocycles. The molecular weight excluding hydrogens is 212 g/mol. The lowest BCUT2D eigenvalue weighted by molar-refractivity contribution is -0.123. The van der Waals surface area contributed by atoms with Crippen LogP contribution in [0.15, 0.2) is 24.3 Å². The lowest BCUT2D eigenvalue weighted by Crippen LogP contribution is -2.44. The Kier molecular flexibility index (Phi) is 4.70. The van der Waals surface area contributed by atoms with Gasteiger partial charge in [-0.05, 0) is 25.3 Å². The number of amides is 1. The summed E-state index contributed by atoms with van der Waals surface area (Å²) in [6, 6.07) is 7.67. The van der Waals surface area contributed by atoms with Crippen molar-refractivity contribution in [3.63, 3.8) is 0 Å². The van der Waals surface area contributed by atoms with Crippen LogP contribution in [-0.2, 0) is 4.79 Å². The zero-order valence-corrected chi connectivity index (χ0v) is 11.0. The maximum atomic E-state index is 11.8. The first-order valence-corrected chi connectivity index (χ1v) is 6.04. The Hall–Kier alpha value is -1.35. The maximum absolute atomic E-state index is 11.8. The summed E-state index contributed by atoms with van der Waals surface area (Å²) in [6.07, 6.45) is 0. The molecule has 0 radical (unpaired) electrons. The standard InChI is InChI=1S/C14H22N2O/c1-9(2)13(15)14(17)16-11(4)12-7-5-6-10(3)8-12/h5-9,11,13H,15H2,1-4H3,(H,16,17)/t11-,13-/m0/s1. The molecule has 3 nitrogen and oxygen atoms in total. The summed E-state index contributed by atoms with van der Waals surface area (Å²) in [4.78, 5) is 11.8. The molecule has 1 aromatic carbocycles. The maximum Gasteiger partial charge on any atom is 0.237 e. The van der Waals surface area contributed by atoms with Crippen LogP contribution in [0.25, 0.3) is 0 Å². The number of hydrogen-bond acceptors (Lipinski definition) is 2. The quantitative estimate of drug-likeness (QED) is 0.838. The molecule has 0 saturated carbocycles. The first-order chi connectivity index (χ1) is 7.91. The molecule has 2 atom stereocenters.